The Morgan fingerprint density at radius 1 is 1.23 bits per heavy atom. The van der Waals surface area contributed by atoms with Crippen molar-refractivity contribution in [1.29, 1.82) is 0 Å². The first-order chi connectivity index (χ1) is 14.0. The lowest BCUT2D eigenvalue weighted by Crippen LogP contribution is -2.54. The van der Waals surface area contributed by atoms with Crippen molar-refractivity contribution in [1.82, 2.24) is 20.5 Å². The van der Waals surface area contributed by atoms with Crippen LogP contribution in [0.4, 0.5) is 4.79 Å². The smallest absolute Gasteiger partial charge is 0.410 e. The van der Waals surface area contributed by atoms with E-state index in [-0.39, 0.29) is 53.6 Å². The van der Waals surface area contributed by atoms with Crippen LogP contribution in [0.15, 0.2) is 15.6 Å². The molecule has 2 fully saturated rings. The van der Waals surface area contributed by atoms with Crippen LogP contribution in [0.1, 0.15) is 78.9 Å². The topological polar surface area (TPSA) is 92.0 Å². The van der Waals surface area contributed by atoms with E-state index in [1.165, 1.54) is 0 Å². The number of halogens is 1. The first kappa shape index (κ1) is 25.7. The standard InChI is InChI=1S/C22H37N5O3.HI/c1-21(2,3)17-12-24-18(29-17)13-25-19(23-7)26-14-10-15-8-9-16(11-14)27(15)20(28)30-22(4,5)6;/h12,14-16H,8-11,13H2,1-7H3,(H2,23,25,26);1H. The number of piperidine rings is 1. The number of nitrogens with zero attached hydrogens (tertiary/aromatic N) is 3. The van der Waals surface area contributed by atoms with Crippen LogP contribution >= 0.6 is 24.0 Å². The van der Waals surface area contributed by atoms with E-state index < -0.39 is 5.60 Å². The third-order valence-corrected chi connectivity index (χ3v) is 5.60. The third kappa shape index (κ3) is 6.73. The van der Waals surface area contributed by atoms with E-state index in [0.717, 1.165) is 37.4 Å². The van der Waals surface area contributed by atoms with Crippen LogP contribution in [0, 0.1) is 0 Å². The number of aromatic nitrogens is 1. The van der Waals surface area contributed by atoms with Crippen molar-refractivity contribution in [3.8, 4) is 0 Å². The average Bonchev–Trinajstić information content (AvgIpc) is 3.20. The summed E-state index contributed by atoms with van der Waals surface area (Å²) in [6.07, 6.45) is 5.44. The molecule has 8 nitrogen and oxygen atoms in total. The molecule has 31 heavy (non-hydrogen) atoms. The number of carbonyl (C=O) groups is 1. The van der Waals surface area contributed by atoms with Crippen LogP contribution in [0.2, 0.25) is 0 Å². The van der Waals surface area contributed by atoms with E-state index in [0.29, 0.717) is 12.4 Å². The van der Waals surface area contributed by atoms with Crippen LogP contribution in [0.3, 0.4) is 0 Å². The second kappa shape index (κ2) is 9.95. The lowest BCUT2D eigenvalue weighted by Gasteiger charge is -2.40. The molecular formula is C22H38IN5O3. The second-order valence-electron chi connectivity index (χ2n) is 10.4. The minimum absolute atomic E-state index is 0. The number of oxazole rings is 1. The van der Waals surface area contributed by atoms with Crippen molar-refractivity contribution < 1.29 is 13.9 Å². The average molecular weight is 547 g/mol. The van der Waals surface area contributed by atoms with Crippen molar-refractivity contribution in [2.24, 2.45) is 4.99 Å². The van der Waals surface area contributed by atoms with Gasteiger partial charge in [0.1, 0.15) is 11.4 Å². The molecule has 0 radical (unpaired) electrons. The van der Waals surface area contributed by atoms with Crippen molar-refractivity contribution >= 4 is 36.0 Å². The van der Waals surface area contributed by atoms with Gasteiger partial charge in [-0.2, -0.15) is 0 Å². The van der Waals surface area contributed by atoms with E-state index >= 15 is 0 Å². The lowest BCUT2D eigenvalue weighted by molar-refractivity contribution is 0.00544. The first-order valence-corrected chi connectivity index (χ1v) is 10.9. The highest BCUT2D eigenvalue weighted by molar-refractivity contribution is 14.0. The maximum absolute atomic E-state index is 12.6. The second-order valence-corrected chi connectivity index (χ2v) is 10.4. The maximum atomic E-state index is 12.6. The number of nitrogens with one attached hydrogen (secondary N) is 2. The summed E-state index contributed by atoms with van der Waals surface area (Å²) in [4.78, 5) is 23.3. The summed E-state index contributed by atoms with van der Waals surface area (Å²) in [6.45, 7) is 12.5. The Bertz CT molecular complexity index is 767. The Morgan fingerprint density at radius 2 is 1.84 bits per heavy atom. The summed E-state index contributed by atoms with van der Waals surface area (Å²) in [7, 11) is 1.76. The fraction of sp³-hybridized carbons (Fsp3) is 0.773. The number of hydrogen-bond acceptors (Lipinski definition) is 5. The molecule has 2 N–H and O–H groups in total. The molecule has 1 amide bonds. The highest BCUT2D eigenvalue weighted by atomic mass is 127. The zero-order valence-electron chi connectivity index (χ0n) is 19.8. The van der Waals surface area contributed by atoms with Crippen molar-refractivity contribution in [3.05, 3.63) is 17.8 Å². The largest absolute Gasteiger partial charge is 0.444 e. The number of aliphatic imine (C=N–C) groups is 1. The first-order valence-electron chi connectivity index (χ1n) is 10.9. The zero-order chi connectivity index (χ0) is 22.1. The number of hydrogen-bond donors (Lipinski definition) is 2. The Morgan fingerprint density at radius 3 is 2.32 bits per heavy atom. The van der Waals surface area contributed by atoms with Gasteiger partial charge in [-0.1, -0.05) is 20.8 Å². The number of guanidine groups is 1. The molecule has 0 saturated carbocycles. The molecule has 3 heterocycles. The van der Waals surface area contributed by atoms with Gasteiger partial charge in [0.05, 0.1) is 12.7 Å². The minimum Gasteiger partial charge on any atom is -0.444 e. The molecule has 3 rings (SSSR count). The van der Waals surface area contributed by atoms with Crippen LogP contribution in [-0.2, 0) is 16.7 Å². The number of fused-ring (bicyclic) bond motifs is 2. The highest BCUT2D eigenvalue weighted by Crippen LogP contribution is 2.36. The molecule has 2 bridgehead atoms. The predicted octanol–water partition coefficient (Wildman–Crippen LogP) is 4.19. The predicted molar refractivity (Wildman–Crippen MR) is 132 cm³/mol. The summed E-state index contributed by atoms with van der Waals surface area (Å²) in [5.41, 5.74) is -0.531. The molecule has 176 valence electrons. The molecule has 2 atom stereocenters. The van der Waals surface area contributed by atoms with Gasteiger partial charge in [-0.15, -0.1) is 24.0 Å². The molecule has 2 aliphatic rings. The summed E-state index contributed by atoms with van der Waals surface area (Å²) in [5, 5.41) is 6.80. The minimum atomic E-state index is -0.468. The monoisotopic (exact) mass is 547 g/mol. The molecule has 0 aliphatic carbocycles. The number of ether oxygens (including phenoxy) is 1. The molecule has 1 aromatic heterocycles. The summed E-state index contributed by atoms with van der Waals surface area (Å²) < 4.78 is 11.5. The molecule has 2 saturated heterocycles. The molecule has 9 heteroatoms. The summed E-state index contributed by atoms with van der Waals surface area (Å²) in [6, 6.07) is 0.702. The molecule has 1 aromatic rings. The zero-order valence-corrected chi connectivity index (χ0v) is 22.1. The van der Waals surface area contributed by atoms with Crippen LogP contribution in [0.25, 0.3) is 0 Å². The lowest BCUT2D eigenvalue weighted by atomic mass is 9.94. The molecule has 0 aromatic carbocycles. The quantitative estimate of drug-likeness (QED) is 0.335. The Balaban J connectivity index is 0.00000341. The fourth-order valence-electron chi connectivity index (χ4n) is 4.19. The van der Waals surface area contributed by atoms with E-state index in [1.54, 1.807) is 13.2 Å². The van der Waals surface area contributed by atoms with Crippen molar-refractivity contribution in [3.63, 3.8) is 0 Å². The van der Waals surface area contributed by atoms with E-state index in [9.17, 15) is 4.79 Å². The molecule has 0 spiro atoms. The van der Waals surface area contributed by atoms with Gasteiger partial charge in [0.25, 0.3) is 0 Å². The van der Waals surface area contributed by atoms with Crippen LogP contribution in [0.5, 0.6) is 0 Å². The summed E-state index contributed by atoms with van der Waals surface area (Å²) >= 11 is 0. The fourth-order valence-corrected chi connectivity index (χ4v) is 4.19. The van der Waals surface area contributed by atoms with Gasteiger partial charge >= 0.3 is 6.09 Å². The van der Waals surface area contributed by atoms with Crippen molar-refractivity contribution in [2.75, 3.05) is 7.05 Å². The van der Waals surface area contributed by atoms with Crippen LogP contribution in [-0.4, -0.2) is 52.7 Å². The Kier molecular flexibility index (Phi) is 8.27. The van der Waals surface area contributed by atoms with Gasteiger partial charge in [-0.25, -0.2) is 9.78 Å². The molecule has 2 aliphatic heterocycles. The number of amides is 1. The van der Waals surface area contributed by atoms with Gasteiger partial charge in [-0.3, -0.25) is 4.99 Å². The molecular weight excluding hydrogens is 509 g/mol. The van der Waals surface area contributed by atoms with E-state index in [1.807, 2.05) is 25.7 Å². The Hall–Kier alpha value is -1.52. The van der Waals surface area contributed by atoms with Gasteiger partial charge in [-0.05, 0) is 46.5 Å². The normalized spacial score (nSPS) is 23.9. The van der Waals surface area contributed by atoms with Gasteiger partial charge in [0, 0.05) is 30.6 Å². The SMILES string of the molecule is CN=C(NCc1ncc(C(C)(C)C)o1)NC1CC2CCC(C1)N2C(=O)OC(C)(C)C.I. The van der Waals surface area contributed by atoms with Gasteiger partial charge in [0.15, 0.2) is 5.96 Å². The summed E-state index contributed by atoms with van der Waals surface area (Å²) in [5.74, 6) is 2.23. The van der Waals surface area contributed by atoms with Gasteiger partial charge < -0.3 is 24.7 Å². The third-order valence-electron chi connectivity index (χ3n) is 5.60. The van der Waals surface area contributed by atoms with Crippen LogP contribution < -0.4 is 10.6 Å². The van der Waals surface area contributed by atoms with E-state index in [4.69, 9.17) is 9.15 Å². The van der Waals surface area contributed by atoms with E-state index in [2.05, 4.69) is 41.4 Å². The van der Waals surface area contributed by atoms with Gasteiger partial charge in [0.2, 0.25) is 5.89 Å². The molecule has 2 unspecified atom stereocenters. The Labute approximate surface area is 203 Å². The highest BCUT2D eigenvalue weighted by Gasteiger charge is 2.45. The van der Waals surface area contributed by atoms with Crippen molar-refractivity contribution in [2.45, 2.75) is 103 Å². The number of rotatable bonds is 3. The maximum Gasteiger partial charge on any atom is 0.410 e. The number of carbonyl (C=O) groups excluding carboxylic acids is 1.